The van der Waals surface area contributed by atoms with Gasteiger partial charge >= 0.3 is 0 Å². The minimum Gasteiger partial charge on any atom is -0.299 e. The summed E-state index contributed by atoms with van der Waals surface area (Å²) in [5.41, 5.74) is 4.01. The van der Waals surface area contributed by atoms with Crippen molar-refractivity contribution in [2.24, 2.45) is 0 Å². The van der Waals surface area contributed by atoms with Crippen LogP contribution in [0, 0.1) is 0 Å². The average molecular weight is 258 g/mol. The van der Waals surface area contributed by atoms with E-state index in [0.29, 0.717) is 0 Å². The number of hydrogen-bond donors (Lipinski definition) is 0. The quantitative estimate of drug-likeness (QED) is 0.347. The largest absolute Gasteiger partial charge is 0.299 e. The van der Waals surface area contributed by atoms with Crippen LogP contribution in [0.5, 0.6) is 0 Å². The van der Waals surface area contributed by atoms with Crippen molar-refractivity contribution in [1.29, 1.82) is 0 Å². The second kappa shape index (κ2) is 9.55. The van der Waals surface area contributed by atoms with E-state index >= 15 is 0 Å². The third kappa shape index (κ3) is 5.87. The van der Waals surface area contributed by atoms with E-state index in [1.54, 1.807) is 6.08 Å². The lowest BCUT2D eigenvalue weighted by Crippen LogP contribution is -1.94. The Balaban J connectivity index is 2.80. The molecule has 1 aromatic rings. The van der Waals surface area contributed by atoms with Crippen LogP contribution in [-0.2, 0) is 17.6 Å². The maximum atomic E-state index is 10.5. The van der Waals surface area contributed by atoms with E-state index < -0.39 is 0 Å². The third-order valence-corrected chi connectivity index (χ3v) is 3.43. The van der Waals surface area contributed by atoms with Gasteiger partial charge in [-0.2, -0.15) is 0 Å². The van der Waals surface area contributed by atoms with Gasteiger partial charge in [-0.25, -0.2) is 0 Å². The zero-order valence-corrected chi connectivity index (χ0v) is 12.3. The van der Waals surface area contributed by atoms with Crippen molar-refractivity contribution < 1.29 is 4.79 Å². The first-order chi connectivity index (χ1) is 9.31. The van der Waals surface area contributed by atoms with Crippen molar-refractivity contribution in [2.75, 3.05) is 0 Å². The van der Waals surface area contributed by atoms with Crippen molar-refractivity contribution in [3.63, 3.8) is 0 Å². The highest BCUT2D eigenvalue weighted by atomic mass is 16.1. The maximum Gasteiger partial charge on any atom is 0.142 e. The molecule has 104 valence electrons. The summed E-state index contributed by atoms with van der Waals surface area (Å²) in [6.07, 6.45) is 12.9. The summed E-state index contributed by atoms with van der Waals surface area (Å²) in [7, 11) is 0. The van der Waals surface area contributed by atoms with E-state index in [2.05, 4.69) is 32.0 Å². The monoisotopic (exact) mass is 258 g/mol. The van der Waals surface area contributed by atoms with Gasteiger partial charge in [0.25, 0.3) is 0 Å². The minimum absolute atomic E-state index is 0.846. The minimum atomic E-state index is 0.846. The highest BCUT2D eigenvalue weighted by Gasteiger charge is 2.02. The fourth-order valence-electron chi connectivity index (χ4n) is 2.28. The van der Waals surface area contributed by atoms with Crippen molar-refractivity contribution >= 4 is 12.4 Å². The van der Waals surface area contributed by atoms with Crippen molar-refractivity contribution in [3.05, 3.63) is 41.0 Å². The lowest BCUT2D eigenvalue weighted by Gasteiger charge is -2.09. The van der Waals surface area contributed by atoms with Gasteiger partial charge in [-0.15, -0.1) is 0 Å². The number of aryl methyl sites for hydroxylation is 2. The summed E-state index contributed by atoms with van der Waals surface area (Å²) >= 11 is 0. The Bertz CT molecular complexity index is 404. The topological polar surface area (TPSA) is 17.1 Å². The van der Waals surface area contributed by atoms with Crippen molar-refractivity contribution in [2.45, 2.75) is 58.8 Å². The first-order valence-corrected chi connectivity index (χ1v) is 7.55. The van der Waals surface area contributed by atoms with E-state index in [1.165, 1.54) is 55.2 Å². The molecule has 0 saturated carbocycles. The molecule has 1 heteroatoms. The number of carbonyl (C=O) groups is 1. The summed E-state index contributed by atoms with van der Waals surface area (Å²) < 4.78 is 0. The van der Waals surface area contributed by atoms with Gasteiger partial charge in [0.15, 0.2) is 0 Å². The van der Waals surface area contributed by atoms with Gasteiger partial charge in [0, 0.05) is 0 Å². The van der Waals surface area contributed by atoms with E-state index in [-0.39, 0.29) is 0 Å². The smallest absolute Gasteiger partial charge is 0.142 e. The van der Waals surface area contributed by atoms with Gasteiger partial charge in [-0.05, 0) is 48.4 Å². The molecular formula is C18H26O. The standard InChI is InChI=1S/C18H26O/c1-3-5-7-9-16-12-13-17(11-8-14-19)18(15-16)10-6-4-2/h8,11-15H,3-7,9-10H2,1-2H3. The number of benzene rings is 1. The van der Waals surface area contributed by atoms with Crippen LogP contribution in [0.3, 0.4) is 0 Å². The van der Waals surface area contributed by atoms with E-state index in [0.717, 1.165) is 12.7 Å². The Labute approximate surface area is 117 Å². The molecule has 1 aromatic carbocycles. The first kappa shape index (κ1) is 15.7. The molecule has 1 nitrogen and oxygen atoms in total. The molecule has 0 aliphatic heterocycles. The fraction of sp³-hybridized carbons (Fsp3) is 0.500. The fourth-order valence-corrected chi connectivity index (χ4v) is 2.28. The van der Waals surface area contributed by atoms with Crippen LogP contribution in [-0.4, -0.2) is 6.29 Å². The Morgan fingerprint density at radius 1 is 1.00 bits per heavy atom. The molecule has 0 saturated heterocycles. The predicted molar refractivity (Wildman–Crippen MR) is 83.4 cm³/mol. The molecule has 0 amide bonds. The lowest BCUT2D eigenvalue weighted by atomic mass is 9.96. The van der Waals surface area contributed by atoms with Crippen molar-refractivity contribution in [3.8, 4) is 0 Å². The number of carbonyl (C=O) groups excluding carboxylic acids is 1. The number of hydrogen-bond acceptors (Lipinski definition) is 1. The maximum absolute atomic E-state index is 10.5. The summed E-state index contributed by atoms with van der Waals surface area (Å²) in [4.78, 5) is 10.5. The number of aldehydes is 1. The van der Waals surface area contributed by atoms with E-state index in [1.807, 2.05) is 6.08 Å². The Morgan fingerprint density at radius 3 is 2.47 bits per heavy atom. The van der Waals surface area contributed by atoms with Gasteiger partial charge in [0.05, 0.1) is 0 Å². The second-order valence-corrected chi connectivity index (χ2v) is 5.09. The first-order valence-electron chi connectivity index (χ1n) is 7.55. The Morgan fingerprint density at radius 2 is 1.79 bits per heavy atom. The SMILES string of the molecule is CCCCCc1ccc(C=CC=O)c(CCCC)c1. The zero-order valence-electron chi connectivity index (χ0n) is 12.3. The second-order valence-electron chi connectivity index (χ2n) is 5.09. The summed E-state index contributed by atoms with van der Waals surface area (Å²) in [5.74, 6) is 0. The molecule has 19 heavy (non-hydrogen) atoms. The molecule has 0 radical (unpaired) electrons. The van der Waals surface area contributed by atoms with E-state index in [4.69, 9.17) is 0 Å². The van der Waals surface area contributed by atoms with Crippen LogP contribution in [0.1, 0.15) is 62.6 Å². The number of rotatable bonds is 9. The molecule has 0 aliphatic rings. The van der Waals surface area contributed by atoms with Crippen LogP contribution in [0.15, 0.2) is 24.3 Å². The third-order valence-electron chi connectivity index (χ3n) is 3.43. The molecular weight excluding hydrogens is 232 g/mol. The molecule has 0 unspecified atom stereocenters. The molecule has 0 spiro atoms. The van der Waals surface area contributed by atoms with Gasteiger partial charge in [0.2, 0.25) is 0 Å². The highest BCUT2D eigenvalue weighted by Crippen LogP contribution is 2.18. The number of allylic oxidation sites excluding steroid dienone is 1. The predicted octanol–water partition coefficient (Wildman–Crippen LogP) is 4.97. The van der Waals surface area contributed by atoms with Gasteiger partial charge < -0.3 is 0 Å². The van der Waals surface area contributed by atoms with Crippen LogP contribution < -0.4 is 0 Å². The average Bonchev–Trinajstić information content (AvgIpc) is 2.44. The Kier molecular flexibility index (Phi) is 7.88. The summed E-state index contributed by atoms with van der Waals surface area (Å²) in [6, 6.07) is 6.69. The molecule has 0 N–H and O–H groups in total. The molecule has 0 heterocycles. The highest BCUT2D eigenvalue weighted by molar-refractivity contribution is 5.74. The summed E-state index contributed by atoms with van der Waals surface area (Å²) in [5, 5.41) is 0. The molecule has 0 fully saturated rings. The molecule has 0 aliphatic carbocycles. The normalized spacial score (nSPS) is 11.1. The van der Waals surface area contributed by atoms with E-state index in [9.17, 15) is 4.79 Å². The lowest BCUT2D eigenvalue weighted by molar-refractivity contribution is -0.104. The van der Waals surface area contributed by atoms with Crippen LogP contribution in [0.25, 0.3) is 6.08 Å². The summed E-state index contributed by atoms with van der Waals surface area (Å²) in [6.45, 7) is 4.45. The molecule has 1 rings (SSSR count). The van der Waals surface area contributed by atoms with Crippen LogP contribution >= 0.6 is 0 Å². The van der Waals surface area contributed by atoms with Crippen LogP contribution in [0.4, 0.5) is 0 Å². The number of unbranched alkanes of at least 4 members (excludes halogenated alkanes) is 3. The van der Waals surface area contributed by atoms with Gasteiger partial charge in [0.1, 0.15) is 6.29 Å². The van der Waals surface area contributed by atoms with Gasteiger partial charge in [-0.3, -0.25) is 4.79 Å². The molecule has 0 atom stereocenters. The van der Waals surface area contributed by atoms with Crippen LogP contribution in [0.2, 0.25) is 0 Å². The van der Waals surface area contributed by atoms with Crippen molar-refractivity contribution in [1.82, 2.24) is 0 Å². The Hall–Kier alpha value is -1.37. The molecule has 0 aromatic heterocycles. The van der Waals surface area contributed by atoms with Gasteiger partial charge in [-0.1, -0.05) is 57.4 Å². The zero-order chi connectivity index (χ0) is 13.9. The molecule has 0 bridgehead atoms.